The van der Waals surface area contributed by atoms with Gasteiger partial charge in [-0.05, 0) is 49.8 Å². The summed E-state index contributed by atoms with van der Waals surface area (Å²) in [5, 5.41) is 13.1. The number of rotatable bonds is 4. The van der Waals surface area contributed by atoms with Crippen LogP contribution < -0.4 is 5.32 Å². The van der Waals surface area contributed by atoms with Gasteiger partial charge in [-0.15, -0.1) is 0 Å². The van der Waals surface area contributed by atoms with Gasteiger partial charge in [0.1, 0.15) is 0 Å². The summed E-state index contributed by atoms with van der Waals surface area (Å²) in [4.78, 5) is 13.0. The van der Waals surface area contributed by atoms with E-state index >= 15 is 0 Å². The Bertz CT molecular complexity index is 675. The van der Waals surface area contributed by atoms with E-state index in [1.54, 1.807) is 38.1 Å². The van der Waals surface area contributed by atoms with Crippen molar-refractivity contribution < 1.29 is 18.7 Å². The molecule has 0 bridgehead atoms. The van der Waals surface area contributed by atoms with Gasteiger partial charge in [0.05, 0.1) is 5.60 Å². The van der Waals surface area contributed by atoms with Gasteiger partial charge in [-0.2, -0.15) is 0 Å². The molecule has 0 aromatic heterocycles. The molecule has 2 fully saturated rings. The van der Waals surface area contributed by atoms with Crippen LogP contribution in [-0.2, 0) is 10.4 Å². The SMILES string of the molecule is CC(C)(O)c1cccc(NC(=O)[C@@H]2CC(F)(F)CCC2C2CCCCCC2)c1. The van der Waals surface area contributed by atoms with Crippen LogP contribution in [0.15, 0.2) is 24.3 Å². The molecule has 2 N–H and O–H groups in total. The molecule has 2 aliphatic carbocycles. The first kappa shape index (κ1) is 21.2. The molecular weight excluding hydrogens is 360 g/mol. The highest BCUT2D eigenvalue weighted by molar-refractivity contribution is 5.93. The molecule has 0 spiro atoms. The zero-order valence-electron chi connectivity index (χ0n) is 17.0. The first-order valence-electron chi connectivity index (χ1n) is 10.7. The minimum absolute atomic E-state index is 0.0372. The van der Waals surface area contributed by atoms with Gasteiger partial charge in [0, 0.05) is 24.4 Å². The highest BCUT2D eigenvalue weighted by Gasteiger charge is 2.46. The van der Waals surface area contributed by atoms with Gasteiger partial charge in [-0.25, -0.2) is 8.78 Å². The van der Waals surface area contributed by atoms with E-state index in [-0.39, 0.29) is 24.7 Å². The van der Waals surface area contributed by atoms with E-state index in [1.165, 1.54) is 12.8 Å². The molecule has 0 heterocycles. The van der Waals surface area contributed by atoms with E-state index in [2.05, 4.69) is 5.32 Å². The second-order valence-corrected chi connectivity index (χ2v) is 9.25. The van der Waals surface area contributed by atoms with Crippen molar-refractivity contribution in [2.45, 2.75) is 83.2 Å². The second-order valence-electron chi connectivity index (χ2n) is 9.25. The number of aliphatic hydroxyl groups is 1. The highest BCUT2D eigenvalue weighted by atomic mass is 19.3. The Morgan fingerprint density at radius 1 is 1.14 bits per heavy atom. The summed E-state index contributed by atoms with van der Waals surface area (Å²) in [5.74, 6) is -3.32. The van der Waals surface area contributed by atoms with Crippen LogP contribution in [0, 0.1) is 17.8 Å². The summed E-state index contributed by atoms with van der Waals surface area (Å²) in [5.41, 5.74) is 0.208. The molecule has 3 nitrogen and oxygen atoms in total. The number of anilines is 1. The van der Waals surface area contributed by atoms with Crippen molar-refractivity contribution in [2.75, 3.05) is 5.32 Å². The van der Waals surface area contributed by atoms with Gasteiger partial charge in [0.25, 0.3) is 0 Å². The number of benzene rings is 1. The summed E-state index contributed by atoms with van der Waals surface area (Å²) in [6.07, 6.45) is 6.76. The zero-order chi connectivity index (χ0) is 20.4. The molecule has 1 aromatic carbocycles. The number of nitrogens with one attached hydrogen (secondary N) is 1. The van der Waals surface area contributed by atoms with Crippen LogP contribution >= 0.6 is 0 Å². The Kier molecular flexibility index (Phi) is 6.43. The number of halogens is 2. The summed E-state index contributed by atoms with van der Waals surface area (Å²) in [7, 11) is 0. The lowest BCUT2D eigenvalue weighted by Crippen LogP contribution is -2.42. The molecule has 1 amide bonds. The molecule has 0 radical (unpaired) electrons. The molecule has 1 unspecified atom stereocenters. The number of hydrogen-bond acceptors (Lipinski definition) is 2. The maximum absolute atomic E-state index is 14.2. The van der Waals surface area contributed by atoms with Gasteiger partial charge in [-0.3, -0.25) is 4.79 Å². The molecule has 1 aromatic rings. The Labute approximate surface area is 166 Å². The van der Waals surface area contributed by atoms with E-state index in [0.717, 1.165) is 25.7 Å². The number of hydrogen-bond donors (Lipinski definition) is 2. The number of alkyl halides is 2. The molecule has 3 rings (SSSR count). The summed E-state index contributed by atoms with van der Waals surface area (Å²) >= 11 is 0. The third-order valence-corrected chi connectivity index (χ3v) is 6.56. The van der Waals surface area contributed by atoms with Crippen molar-refractivity contribution in [3.8, 4) is 0 Å². The van der Waals surface area contributed by atoms with Crippen LogP contribution in [-0.4, -0.2) is 16.9 Å². The predicted molar refractivity (Wildman–Crippen MR) is 107 cm³/mol. The molecule has 0 saturated heterocycles. The third-order valence-electron chi connectivity index (χ3n) is 6.56. The van der Waals surface area contributed by atoms with Crippen LogP contribution in [0.5, 0.6) is 0 Å². The van der Waals surface area contributed by atoms with E-state index < -0.39 is 17.4 Å². The molecule has 2 atom stereocenters. The van der Waals surface area contributed by atoms with Gasteiger partial charge in [-0.1, -0.05) is 50.7 Å². The number of amides is 1. The lowest BCUT2D eigenvalue weighted by molar-refractivity contribution is -0.134. The monoisotopic (exact) mass is 393 g/mol. The first-order valence-corrected chi connectivity index (χ1v) is 10.7. The molecule has 2 saturated carbocycles. The smallest absolute Gasteiger partial charge is 0.248 e. The van der Waals surface area contributed by atoms with Gasteiger partial charge < -0.3 is 10.4 Å². The Balaban J connectivity index is 1.77. The minimum atomic E-state index is -2.77. The summed E-state index contributed by atoms with van der Waals surface area (Å²) < 4.78 is 28.4. The Hall–Kier alpha value is -1.49. The van der Waals surface area contributed by atoms with E-state index in [1.807, 2.05) is 0 Å². The standard InChI is InChI=1S/C23H33F2NO2/c1-22(2,28)17-10-7-11-18(14-17)26-21(27)20-15-23(24,25)13-12-19(20)16-8-5-3-4-6-9-16/h7,10-11,14,16,19-20,28H,3-6,8-9,12-13,15H2,1-2H3,(H,26,27)/t19?,20-/m1/s1. The average molecular weight is 394 g/mol. The average Bonchev–Trinajstić information content (AvgIpc) is 2.90. The van der Waals surface area contributed by atoms with Crippen LogP contribution in [0.25, 0.3) is 0 Å². The van der Waals surface area contributed by atoms with E-state index in [9.17, 15) is 18.7 Å². The van der Waals surface area contributed by atoms with Crippen molar-refractivity contribution in [1.82, 2.24) is 0 Å². The maximum Gasteiger partial charge on any atom is 0.248 e. The van der Waals surface area contributed by atoms with Crippen molar-refractivity contribution in [1.29, 1.82) is 0 Å². The molecular formula is C23H33F2NO2. The van der Waals surface area contributed by atoms with Crippen LogP contribution in [0.3, 0.4) is 0 Å². The van der Waals surface area contributed by atoms with Crippen LogP contribution in [0.4, 0.5) is 14.5 Å². The topological polar surface area (TPSA) is 49.3 Å². The van der Waals surface area contributed by atoms with Crippen molar-refractivity contribution in [2.24, 2.45) is 17.8 Å². The van der Waals surface area contributed by atoms with Crippen molar-refractivity contribution in [3.05, 3.63) is 29.8 Å². The number of carbonyl (C=O) groups excluding carboxylic acids is 1. The molecule has 156 valence electrons. The molecule has 0 aliphatic heterocycles. The van der Waals surface area contributed by atoms with Crippen molar-refractivity contribution >= 4 is 11.6 Å². The lowest BCUT2D eigenvalue weighted by atomic mass is 9.68. The first-order chi connectivity index (χ1) is 13.2. The maximum atomic E-state index is 14.2. The second kappa shape index (κ2) is 8.48. The number of carbonyl (C=O) groups is 1. The fraction of sp³-hybridized carbons (Fsp3) is 0.696. The largest absolute Gasteiger partial charge is 0.386 e. The predicted octanol–water partition coefficient (Wildman–Crippen LogP) is 5.87. The van der Waals surface area contributed by atoms with Crippen LogP contribution in [0.1, 0.15) is 77.2 Å². The van der Waals surface area contributed by atoms with Crippen LogP contribution in [0.2, 0.25) is 0 Å². The summed E-state index contributed by atoms with van der Waals surface area (Å²) in [6, 6.07) is 7.02. The van der Waals surface area contributed by atoms with Gasteiger partial charge in [0.2, 0.25) is 11.8 Å². The minimum Gasteiger partial charge on any atom is -0.386 e. The fourth-order valence-electron chi connectivity index (χ4n) is 4.96. The van der Waals surface area contributed by atoms with E-state index in [4.69, 9.17) is 0 Å². The third kappa shape index (κ3) is 5.31. The van der Waals surface area contributed by atoms with Crippen molar-refractivity contribution in [3.63, 3.8) is 0 Å². The fourth-order valence-corrected chi connectivity index (χ4v) is 4.96. The van der Waals surface area contributed by atoms with E-state index in [0.29, 0.717) is 23.6 Å². The summed E-state index contributed by atoms with van der Waals surface area (Å²) in [6.45, 7) is 3.36. The van der Waals surface area contributed by atoms with Gasteiger partial charge >= 0.3 is 0 Å². The highest BCUT2D eigenvalue weighted by Crippen LogP contribution is 2.46. The quantitative estimate of drug-likeness (QED) is 0.628. The Morgan fingerprint density at radius 3 is 2.46 bits per heavy atom. The normalized spacial score (nSPS) is 26.5. The molecule has 2 aliphatic rings. The Morgan fingerprint density at radius 2 is 1.82 bits per heavy atom. The zero-order valence-corrected chi connectivity index (χ0v) is 17.0. The lowest BCUT2D eigenvalue weighted by Gasteiger charge is -2.39. The molecule has 28 heavy (non-hydrogen) atoms. The molecule has 5 heteroatoms. The van der Waals surface area contributed by atoms with Gasteiger partial charge in [0.15, 0.2) is 0 Å².